The summed E-state index contributed by atoms with van der Waals surface area (Å²) in [6.45, 7) is 3.27. The van der Waals surface area contributed by atoms with Gasteiger partial charge in [-0.2, -0.15) is 0 Å². The van der Waals surface area contributed by atoms with E-state index in [4.69, 9.17) is 15.2 Å². The number of fused-ring (bicyclic) bond motifs is 3. The lowest BCUT2D eigenvalue weighted by Gasteiger charge is -2.44. The van der Waals surface area contributed by atoms with E-state index in [-0.39, 0.29) is 36.0 Å². The van der Waals surface area contributed by atoms with Crippen LogP contribution in [0.4, 0.5) is 0 Å². The molecule has 1 fully saturated rings. The van der Waals surface area contributed by atoms with Crippen molar-refractivity contribution in [3.05, 3.63) is 51.6 Å². The number of benzene rings is 2. The number of rotatable bonds is 3. The van der Waals surface area contributed by atoms with E-state index in [1.165, 1.54) is 6.07 Å². The SMILES string of the molecule is CCC1(O)CC(OC2CC(N)C(O)C(C)O2)c2cc3c(c(O)c2C1O)C(=O)c1c(O)ccc(O)c1C3=O. The van der Waals surface area contributed by atoms with E-state index >= 15 is 0 Å². The maximum Gasteiger partial charge on any atom is 0.202 e. The van der Waals surface area contributed by atoms with Gasteiger partial charge in [0.05, 0.1) is 40.6 Å². The lowest BCUT2D eigenvalue weighted by Crippen LogP contribution is -2.52. The van der Waals surface area contributed by atoms with Crippen molar-refractivity contribution in [1.82, 2.24) is 0 Å². The monoisotopic (exact) mass is 515 g/mol. The Kier molecular flexibility index (Phi) is 6.06. The van der Waals surface area contributed by atoms with Crippen LogP contribution in [0.15, 0.2) is 18.2 Å². The smallest absolute Gasteiger partial charge is 0.202 e. The van der Waals surface area contributed by atoms with E-state index in [9.17, 15) is 40.2 Å². The first-order chi connectivity index (χ1) is 17.4. The van der Waals surface area contributed by atoms with E-state index in [0.29, 0.717) is 0 Å². The van der Waals surface area contributed by atoms with E-state index < -0.39 is 87.9 Å². The van der Waals surface area contributed by atoms with Crippen molar-refractivity contribution in [2.45, 2.75) is 75.5 Å². The number of hydrogen-bond acceptors (Lipinski definition) is 11. The van der Waals surface area contributed by atoms with Crippen LogP contribution in [-0.4, -0.2) is 72.3 Å². The average Bonchev–Trinajstić information content (AvgIpc) is 2.85. The molecule has 1 aliphatic heterocycles. The van der Waals surface area contributed by atoms with Crippen molar-refractivity contribution in [3.63, 3.8) is 0 Å². The van der Waals surface area contributed by atoms with Crippen LogP contribution in [0.25, 0.3) is 0 Å². The third-order valence-electron chi connectivity index (χ3n) is 7.81. The standard InChI is InChI=1S/C26H29NO10/c1-3-26(35)8-15(37-16-7-12(27)21(30)9(2)36-16)10-6-11-17(23(32)18(10)25(26)34)24(33)20-14(29)5-4-13(28)19(20)22(11)31/h4-6,9,12,15-16,21,25,28-30,32,34-35H,3,7-8,27H2,1-2H3. The Morgan fingerprint density at radius 1 is 1.08 bits per heavy atom. The number of ketones is 2. The minimum absolute atomic E-state index is 0.0640. The van der Waals surface area contributed by atoms with Crippen molar-refractivity contribution < 1.29 is 49.7 Å². The van der Waals surface area contributed by atoms with Gasteiger partial charge in [-0.25, -0.2) is 0 Å². The summed E-state index contributed by atoms with van der Waals surface area (Å²) in [7, 11) is 0. The lowest BCUT2D eigenvalue weighted by molar-refractivity contribution is -0.252. The second-order valence-electron chi connectivity index (χ2n) is 10.0. The second kappa shape index (κ2) is 8.76. The van der Waals surface area contributed by atoms with Crippen molar-refractivity contribution in [2.75, 3.05) is 0 Å². The van der Waals surface area contributed by atoms with Gasteiger partial charge < -0.3 is 45.8 Å². The van der Waals surface area contributed by atoms with E-state index in [0.717, 1.165) is 12.1 Å². The van der Waals surface area contributed by atoms with Gasteiger partial charge in [-0.05, 0) is 37.1 Å². The first kappa shape index (κ1) is 25.6. The molecule has 0 aromatic heterocycles. The number of phenols is 3. The number of aromatic hydroxyl groups is 3. The predicted octanol–water partition coefficient (Wildman–Crippen LogP) is 1.04. The molecule has 37 heavy (non-hydrogen) atoms. The highest BCUT2D eigenvalue weighted by atomic mass is 16.7. The van der Waals surface area contributed by atoms with Gasteiger partial charge in [0.2, 0.25) is 5.78 Å². The van der Waals surface area contributed by atoms with Crippen LogP contribution in [0.5, 0.6) is 17.2 Å². The van der Waals surface area contributed by atoms with Crippen LogP contribution >= 0.6 is 0 Å². The summed E-state index contributed by atoms with van der Waals surface area (Å²) in [4.78, 5) is 26.7. The summed E-state index contributed by atoms with van der Waals surface area (Å²) >= 11 is 0. The third-order valence-corrected chi connectivity index (χ3v) is 7.81. The Hall–Kier alpha value is -3.06. The van der Waals surface area contributed by atoms with E-state index in [2.05, 4.69) is 0 Å². The highest BCUT2D eigenvalue weighted by molar-refractivity contribution is 6.31. The molecule has 2 aliphatic carbocycles. The Balaban J connectivity index is 1.66. The molecular formula is C26H29NO10. The van der Waals surface area contributed by atoms with E-state index in [1.54, 1.807) is 13.8 Å². The predicted molar refractivity (Wildman–Crippen MR) is 126 cm³/mol. The summed E-state index contributed by atoms with van der Waals surface area (Å²) in [5, 5.41) is 64.3. The summed E-state index contributed by atoms with van der Waals surface area (Å²) in [5.74, 6) is -3.52. The molecule has 0 spiro atoms. The Labute approximate surface area is 211 Å². The Morgan fingerprint density at radius 2 is 1.70 bits per heavy atom. The van der Waals surface area contributed by atoms with Crippen molar-refractivity contribution in [2.24, 2.45) is 5.73 Å². The largest absolute Gasteiger partial charge is 0.507 e. The number of nitrogens with two attached hydrogens (primary N) is 1. The highest BCUT2D eigenvalue weighted by Gasteiger charge is 2.49. The zero-order chi connectivity index (χ0) is 27.0. The molecule has 7 atom stereocenters. The highest BCUT2D eigenvalue weighted by Crippen LogP contribution is 2.53. The van der Waals surface area contributed by atoms with Gasteiger partial charge in [0.15, 0.2) is 12.1 Å². The molecule has 0 amide bonds. The topological polar surface area (TPSA) is 200 Å². The van der Waals surface area contributed by atoms with Crippen LogP contribution in [0.3, 0.4) is 0 Å². The van der Waals surface area contributed by atoms with E-state index in [1.807, 2.05) is 0 Å². The maximum atomic E-state index is 13.4. The second-order valence-corrected chi connectivity index (χ2v) is 10.0. The molecule has 2 aromatic rings. The van der Waals surface area contributed by atoms with Gasteiger partial charge in [-0.15, -0.1) is 0 Å². The minimum Gasteiger partial charge on any atom is -0.507 e. The summed E-state index contributed by atoms with van der Waals surface area (Å²) in [5.41, 5.74) is 2.66. The Morgan fingerprint density at radius 3 is 2.30 bits per heavy atom. The minimum atomic E-state index is -1.76. The van der Waals surface area contributed by atoms with Crippen molar-refractivity contribution >= 4 is 11.6 Å². The van der Waals surface area contributed by atoms with Gasteiger partial charge in [0.1, 0.15) is 23.4 Å². The van der Waals surface area contributed by atoms with Crippen LogP contribution < -0.4 is 5.73 Å². The molecule has 0 saturated carbocycles. The average molecular weight is 516 g/mol. The van der Waals surface area contributed by atoms with Crippen LogP contribution in [0, 0.1) is 0 Å². The first-order valence-corrected chi connectivity index (χ1v) is 12.1. The third kappa shape index (κ3) is 3.73. The number of aliphatic hydroxyl groups excluding tert-OH is 2. The normalized spacial score (nSPS) is 33.0. The molecule has 2 aromatic carbocycles. The summed E-state index contributed by atoms with van der Waals surface area (Å²) in [6, 6.07) is 2.79. The van der Waals surface area contributed by atoms with Gasteiger partial charge in [0, 0.05) is 30.0 Å². The molecular weight excluding hydrogens is 486 g/mol. The number of phenolic OH excluding ortho intramolecular Hbond substituents is 3. The number of carbonyl (C=O) groups excluding carboxylic acids is 2. The molecule has 0 radical (unpaired) electrons. The fourth-order valence-electron chi connectivity index (χ4n) is 5.59. The molecule has 11 heteroatoms. The van der Waals surface area contributed by atoms with Crippen molar-refractivity contribution in [1.29, 1.82) is 0 Å². The van der Waals surface area contributed by atoms with Crippen LogP contribution in [0.1, 0.15) is 88.3 Å². The molecule has 11 nitrogen and oxygen atoms in total. The number of ether oxygens (including phenoxy) is 2. The molecule has 7 unspecified atom stereocenters. The zero-order valence-electron chi connectivity index (χ0n) is 20.2. The van der Waals surface area contributed by atoms with Gasteiger partial charge in [-0.3, -0.25) is 9.59 Å². The van der Waals surface area contributed by atoms with Gasteiger partial charge >= 0.3 is 0 Å². The lowest BCUT2D eigenvalue weighted by atomic mass is 9.71. The number of carbonyl (C=O) groups is 2. The fourth-order valence-corrected chi connectivity index (χ4v) is 5.59. The van der Waals surface area contributed by atoms with Crippen LogP contribution in [-0.2, 0) is 9.47 Å². The number of aliphatic hydroxyl groups is 3. The maximum absolute atomic E-state index is 13.4. The quantitative estimate of drug-likeness (QED) is 0.246. The van der Waals surface area contributed by atoms with Gasteiger partial charge in [0.25, 0.3) is 0 Å². The zero-order valence-corrected chi connectivity index (χ0v) is 20.2. The molecule has 1 saturated heterocycles. The summed E-state index contributed by atoms with van der Waals surface area (Å²) in [6.07, 6.45) is -5.02. The van der Waals surface area contributed by atoms with Crippen LogP contribution in [0.2, 0.25) is 0 Å². The first-order valence-electron chi connectivity index (χ1n) is 12.1. The molecule has 8 N–H and O–H groups in total. The molecule has 198 valence electrons. The Bertz CT molecular complexity index is 1300. The molecule has 1 heterocycles. The van der Waals surface area contributed by atoms with Crippen molar-refractivity contribution in [3.8, 4) is 17.2 Å². The molecule has 3 aliphatic rings. The molecule has 5 rings (SSSR count). The summed E-state index contributed by atoms with van der Waals surface area (Å²) < 4.78 is 11.9. The van der Waals surface area contributed by atoms with Gasteiger partial charge in [-0.1, -0.05) is 6.92 Å². The number of hydrogen-bond donors (Lipinski definition) is 7. The molecule has 0 bridgehead atoms. The fraction of sp³-hybridized carbons (Fsp3) is 0.462.